The van der Waals surface area contributed by atoms with Crippen molar-refractivity contribution in [3.8, 4) is 0 Å². The molecule has 0 radical (unpaired) electrons. The zero-order chi connectivity index (χ0) is 13.6. The van der Waals surface area contributed by atoms with Crippen molar-refractivity contribution in [2.75, 3.05) is 6.54 Å². The fourth-order valence-electron chi connectivity index (χ4n) is 1.55. The summed E-state index contributed by atoms with van der Waals surface area (Å²) >= 11 is 0. The van der Waals surface area contributed by atoms with E-state index in [1.54, 1.807) is 0 Å². The number of aliphatic hydroxyl groups is 1. The number of hydrogen-bond donors (Lipinski definition) is 3. The van der Waals surface area contributed by atoms with Crippen molar-refractivity contribution in [1.29, 1.82) is 0 Å². The Morgan fingerprint density at radius 3 is 2.44 bits per heavy atom. The van der Waals surface area contributed by atoms with E-state index < -0.39 is 6.10 Å². The van der Waals surface area contributed by atoms with E-state index in [4.69, 9.17) is 0 Å². The second-order valence-corrected chi connectivity index (χ2v) is 5.35. The first-order valence-corrected chi connectivity index (χ1v) is 6.17. The highest BCUT2D eigenvalue weighted by Crippen LogP contribution is 2.14. The summed E-state index contributed by atoms with van der Waals surface area (Å²) in [5.74, 6) is 0. The van der Waals surface area contributed by atoms with E-state index in [1.165, 1.54) is 0 Å². The Morgan fingerprint density at radius 1 is 1.28 bits per heavy atom. The largest absolute Gasteiger partial charge is 0.388 e. The lowest BCUT2D eigenvalue weighted by Gasteiger charge is -2.21. The molecule has 100 valence electrons. The van der Waals surface area contributed by atoms with Crippen LogP contribution in [-0.2, 0) is 0 Å². The van der Waals surface area contributed by atoms with Crippen LogP contribution in [0, 0.1) is 0 Å². The number of benzene rings is 1. The zero-order valence-corrected chi connectivity index (χ0v) is 11.2. The van der Waals surface area contributed by atoms with Gasteiger partial charge in [0, 0.05) is 12.1 Å². The smallest absolute Gasteiger partial charge is 0.315 e. The van der Waals surface area contributed by atoms with Crippen molar-refractivity contribution in [3.63, 3.8) is 0 Å². The summed E-state index contributed by atoms with van der Waals surface area (Å²) in [5, 5.41) is 15.4. The number of hydrogen-bond acceptors (Lipinski definition) is 2. The van der Waals surface area contributed by atoms with Gasteiger partial charge in [0.25, 0.3) is 0 Å². The summed E-state index contributed by atoms with van der Waals surface area (Å²) in [6.07, 6.45) is -0.0391. The molecule has 1 aromatic rings. The third-order valence-corrected chi connectivity index (χ3v) is 2.38. The predicted octanol–water partition coefficient (Wildman–Crippen LogP) is 2.21. The molecule has 3 N–H and O–H groups in total. The maximum atomic E-state index is 11.5. The van der Waals surface area contributed by atoms with E-state index in [-0.39, 0.29) is 11.6 Å². The first-order chi connectivity index (χ1) is 8.38. The van der Waals surface area contributed by atoms with Gasteiger partial charge in [-0.1, -0.05) is 30.3 Å². The van der Waals surface area contributed by atoms with E-state index in [0.29, 0.717) is 13.0 Å². The number of carbonyl (C=O) groups is 1. The number of urea groups is 1. The summed E-state index contributed by atoms with van der Waals surface area (Å²) in [6.45, 7) is 6.21. The molecule has 0 fully saturated rings. The maximum absolute atomic E-state index is 11.5. The van der Waals surface area contributed by atoms with Crippen LogP contribution in [0.15, 0.2) is 30.3 Å². The van der Waals surface area contributed by atoms with Gasteiger partial charge in [0.2, 0.25) is 0 Å². The van der Waals surface area contributed by atoms with Crippen LogP contribution < -0.4 is 10.6 Å². The molecule has 0 aliphatic carbocycles. The number of nitrogens with one attached hydrogen (secondary N) is 2. The van der Waals surface area contributed by atoms with E-state index >= 15 is 0 Å². The average molecular weight is 250 g/mol. The van der Waals surface area contributed by atoms with Crippen LogP contribution in [0.2, 0.25) is 0 Å². The lowest BCUT2D eigenvalue weighted by molar-refractivity contribution is 0.166. The Balaban J connectivity index is 2.28. The van der Waals surface area contributed by atoms with Crippen molar-refractivity contribution >= 4 is 6.03 Å². The highest BCUT2D eigenvalue weighted by atomic mass is 16.3. The Morgan fingerprint density at radius 2 is 1.89 bits per heavy atom. The van der Waals surface area contributed by atoms with Gasteiger partial charge >= 0.3 is 6.03 Å². The molecule has 1 rings (SSSR count). The van der Waals surface area contributed by atoms with Gasteiger partial charge in [-0.3, -0.25) is 0 Å². The Kier molecular flexibility index (Phi) is 5.16. The highest BCUT2D eigenvalue weighted by molar-refractivity contribution is 5.74. The molecular weight excluding hydrogens is 228 g/mol. The summed E-state index contributed by atoms with van der Waals surface area (Å²) in [4.78, 5) is 11.5. The van der Waals surface area contributed by atoms with E-state index in [1.807, 2.05) is 51.1 Å². The van der Waals surface area contributed by atoms with Gasteiger partial charge in [-0.15, -0.1) is 0 Å². The molecule has 0 saturated carbocycles. The van der Waals surface area contributed by atoms with Gasteiger partial charge in [-0.2, -0.15) is 0 Å². The molecule has 0 aromatic heterocycles. The normalized spacial score (nSPS) is 12.9. The van der Waals surface area contributed by atoms with Gasteiger partial charge in [0.15, 0.2) is 0 Å². The van der Waals surface area contributed by atoms with E-state index in [0.717, 1.165) is 5.56 Å². The highest BCUT2D eigenvalue weighted by Gasteiger charge is 2.13. The zero-order valence-electron chi connectivity index (χ0n) is 11.2. The third kappa shape index (κ3) is 5.68. The van der Waals surface area contributed by atoms with Gasteiger partial charge < -0.3 is 15.7 Å². The molecule has 1 unspecified atom stereocenters. The summed E-state index contributed by atoms with van der Waals surface area (Å²) in [5.41, 5.74) is 0.623. The molecule has 0 spiro atoms. The quantitative estimate of drug-likeness (QED) is 0.767. The predicted molar refractivity (Wildman–Crippen MR) is 72.3 cm³/mol. The first kappa shape index (κ1) is 14.5. The first-order valence-electron chi connectivity index (χ1n) is 6.17. The number of aliphatic hydroxyl groups excluding tert-OH is 1. The second-order valence-electron chi connectivity index (χ2n) is 5.35. The van der Waals surface area contributed by atoms with Crippen LogP contribution in [0.4, 0.5) is 4.79 Å². The van der Waals surface area contributed by atoms with Crippen molar-refractivity contribution in [1.82, 2.24) is 10.6 Å². The molecule has 18 heavy (non-hydrogen) atoms. The fraction of sp³-hybridized carbons (Fsp3) is 0.500. The summed E-state index contributed by atoms with van der Waals surface area (Å²) in [6, 6.07) is 9.23. The van der Waals surface area contributed by atoms with Crippen LogP contribution >= 0.6 is 0 Å². The number of rotatable bonds is 4. The molecule has 0 aliphatic rings. The van der Waals surface area contributed by atoms with Crippen LogP contribution in [0.1, 0.15) is 38.9 Å². The molecular formula is C14H22N2O2. The molecule has 2 amide bonds. The molecule has 0 heterocycles. The number of amides is 2. The third-order valence-electron chi connectivity index (χ3n) is 2.38. The average Bonchev–Trinajstić information content (AvgIpc) is 2.27. The minimum Gasteiger partial charge on any atom is -0.388 e. The minimum atomic E-state index is -0.541. The molecule has 1 aromatic carbocycles. The van der Waals surface area contributed by atoms with Gasteiger partial charge in [-0.25, -0.2) is 4.79 Å². The van der Waals surface area contributed by atoms with Gasteiger partial charge in [0.1, 0.15) is 0 Å². The monoisotopic (exact) mass is 250 g/mol. The van der Waals surface area contributed by atoms with Crippen molar-refractivity contribution in [3.05, 3.63) is 35.9 Å². The number of carbonyl (C=O) groups excluding carboxylic acids is 1. The Hall–Kier alpha value is -1.55. The summed E-state index contributed by atoms with van der Waals surface area (Å²) < 4.78 is 0. The lowest BCUT2D eigenvalue weighted by Crippen LogP contribution is -2.46. The van der Waals surface area contributed by atoms with E-state index in [2.05, 4.69) is 10.6 Å². The summed E-state index contributed by atoms with van der Waals surface area (Å²) in [7, 11) is 0. The van der Waals surface area contributed by atoms with Crippen molar-refractivity contribution < 1.29 is 9.90 Å². The van der Waals surface area contributed by atoms with Crippen molar-refractivity contribution in [2.24, 2.45) is 0 Å². The SMILES string of the molecule is CC(C)(C)NC(=O)NCCC(O)c1ccccc1. The van der Waals surface area contributed by atoms with Crippen LogP contribution in [0.5, 0.6) is 0 Å². The lowest BCUT2D eigenvalue weighted by atomic mass is 10.1. The molecule has 0 saturated heterocycles. The molecule has 0 aliphatic heterocycles. The van der Waals surface area contributed by atoms with Crippen LogP contribution in [0.3, 0.4) is 0 Å². The van der Waals surface area contributed by atoms with Gasteiger partial charge in [-0.05, 0) is 32.8 Å². The molecule has 4 heteroatoms. The topological polar surface area (TPSA) is 61.4 Å². The van der Waals surface area contributed by atoms with E-state index in [9.17, 15) is 9.90 Å². The fourth-order valence-corrected chi connectivity index (χ4v) is 1.55. The van der Waals surface area contributed by atoms with Crippen molar-refractivity contribution in [2.45, 2.75) is 38.8 Å². The maximum Gasteiger partial charge on any atom is 0.315 e. The molecule has 0 bridgehead atoms. The van der Waals surface area contributed by atoms with Crippen LogP contribution in [-0.4, -0.2) is 23.2 Å². The molecule has 1 atom stereocenters. The minimum absolute atomic E-state index is 0.206. The van der Waals surface area contributed by atoms with Gasteiger partial charge in [0.05, 0.1) is 6.10 Å². The van der Waals surface area contributed by atoms with Crippen LogP contribution in [0.25, 0.3) is 0 Å². The second kappa shape index (κ2) is 6.40. The Bertz CT molecular complexity index is 371. The standard InChI is InChI=1S/C14H22N2O2/c1-14(2,3)16-13(18)15-10-9-12(17)11-7-5-4-6-8-11/h4-8,12,17H,9-10H2,1-3H3,(H2,15,16,18). The molecule has 4 nitrogen and oxygen atoms in total. The Labute approximate surface area is 108 Å².